The summed E-state index contributed by atoms with van der Waals surface area (Å²) in [4.78, 5) is 14.4. The SMILES string of the molecule is CC(C)=c1[nH]n(-c2c(Cl)cc(C(F)(F)F)cc2Cl)c(=O)c1=CN(C)C. The van der Waals surface area contributed by atoms with E-state index in [1.54, 1.807) is 39.0 Å². The molecule has 0 radical (unpaired) electrons. The summed E-state index contributed by atoms with van der Waals surface area (Å²) in [6, 6.07) is 1.49. The van der Waals surface area contributed by atoms with Gasteiger partial charge in [-0.25, -0.2) is 4.68 Å². The number of benzene rings is 1. The number of alkyl halides is 3. The number of H-pyrrole nitrogens is 1. The van der Waals surface area contributed by atoms with Gasteiger partial charge in [-0.2, -0.15) is 13.2 Å². The van der Waals surface area contributed by atoms with Crippen molar-refractivity contribution in [3.8, 4) is 5.69 Å². The number of hydrogen-bond acceptors (Lipinski definition) is 2. The minimum atomic E-state index is -4.59. The first-order chi connectivity index (χ1) is 11.4. The van der Waals surface area contributed by atoms with Crippen LogP contribution in [-0.2, 0) is 6.18 Å². The van der Waals surface area contributed by atoms with Crippen molar-refractivity contribution in [2.45, 2.75) is 20.0 Å². The molecular weight excluding hydrogens is 378 g/mol. The first-order valence-corrected chi connectivity index (χ1v) is 7.92. The van der Waals surface area contributed by atoms with Crippen molar-refractivity contribution >= 4 is 35.0 Å². The Morgan fingerprint density at radius 2 is 1.72 bits per heavy atom. The van der Waals surface area contributed by atoms with Crippen molar-refractivity contribution in [3.63, 3.8) is 0 Å². The number of aromatic amines is 1. The first kappa shape index (κ1) is 19.5. The highest BCUT2D eigenvalue weighted by Crippen LogP contribution is 2.36. The summed E-state index contributed by atoms with van der Waals surface area (Å²) >= 11 is 12.0. The fourth-order valence-electron chi connectivity index (χ4n) is 2.31. The van der Waals surface area contributed by atoms with Crippen LogP contribution in [0.15, 0.2) is 16.9 Å². The predicted molar refractivity (Wildman–Crippen MR) is 93.6 cm³/mol. The monoisotopic (exact) mass is 393 g/mol. The molecule has 0 aliphatic rings. The molecule has 0 unspecified atom stereocenters. The van der Waals surface area contributed by atoms with Crippen molar-refractivity contribution in [3.05, 3.63) is 48.7 Å². The molecule has 4 nitrogen and oxygen atoms in total. The molecule has 9 heteroatoms. The minimum absolute atomic E-state index is 0.0257. The molecule has 1 N–H and O–H groups in total. The normalized spacial score (nSPS) is 12.6. The lowest BCUT2D eigenvalue weighted by Crippen LogP contribution is -2.37. The van der Waals surface area contributed by atoms with E-state index in [4.69, 9.17) is 23.2 Å². The second kappa shape index (κ2) is 6.80. The molecule has 0 aliphatic heterocycles. The van der Waals surface area contributed by atoms with Crippen molar-refractivity contribution in [2.24, 2.45) is 0 Å². The van der Waals surface area contributed by atoms with Crippen molar-refractivity contribution in [1.29, 1.82) is 0 Å². The fourth-order valence-corrected chi connectivity index (χ4v) is 2.97. The fraction of sp³-hybridized carbons (Fsp3) is 0.312. The lowest BCUT2D eigenvalue weighted by atomic mass is 10.2. The van der Waals surface area contributed by atoms with E-state index >= 15 is 0 Å². The Kier molecular flexibility index (Phi) is 5.30. The molecule has 0 fully saturated rings. The molecule has 1 aromatic carbocycles. The standard InChI is InChI=1S/C16H16Cl2F3N3O/c1-8(2)13-10(7-23(3)4)15(25)24(22-13)14-11(17)5-9(6-12(14)18)16(19,20)21/h5-7,22H,1-4H3. The molecule has 0 spiro atoms. The Labute approximate surface area is 151 Å². The average molecular weight is 394 g/mol. The summed E-state index contributed by atoms with van der Waals surface area (Å²) in [5.74, 6) is 0. The van der Waals surface area contributed by atoms with E-state index in [9.17, 15) is 18.0 Å². The molecular formula is C16H16Cl2F3N3O. The molecule has 0 aliphatic carbocycles. The maximum Gasteiger partial charge on any atom is 0.416 e. The van der Waals surface area contributed by atoms with E-state index in [0.717, 1.165) is 22.4 Å². The molecule has 2 aromatic rings. The molecule has 1 aromatic heterocycles. The van der Waals surface area contributed by atoms with Crippen molar-refractivity contribution < 1.29 is 13.2 Å². The quantitative estimate of drug-likeness (QED) is 0.851. The van der Waals surface area contributed by atoms with E-state index in [2.05, 4.69) is 5.10 Å². The third-order valence-corrected chi connectivity index (χ3v) is 3.96. The number of halogens is 5. The van der Waals surface area contributed by atoms with Crippen LogP contribution in [0.4, 0.5) is 13.2 Å². The van der Waals surface area contributed by atoms with Gasteiger partial charge < -0.3 is 4.90 Å². The number of rotatable bonds is 2. The zero-order valence-corrected chi connectivity index (χ0v) is 15.4. The zero-order valence-electron chi connectivity index (χ0n) is 13.9. The van der Waals surface area contributed by atoms with Crippen molar-refractivity contribution in [2.75, 3.05) is 14.1 Å². The van der Waals surface area contributed by atoms with Crippen LogP contribution in [0.2, 0.25) is 10.0 Å². The summed E-state index contributed by atoms with van der Waals surface area (Å²) in [5.41, 5.74) is -0.650. The summed E-state index contributed by atoms with van der Waals surface area (Å²) in [6.45, 7) is 3.61. The summed E-state index contributed by atoms with van der Waals surface area (Å²) in [5, 5.41) is 3.22. The highest BCUT2D eigenvalue weighted by molar-refractivity contribution is 6.37. The number of nitrogens with one attached hydrogen (secondary N) is 1. The maximum atomic E-state index is 12.9. The second-order valence-electron chi connectivity index (χ2n) is 5.92. The van der Waals surface area contributed by atoms with Gasteiger partial charge in [-0.05, 0) is 26.0 Å². The van der Waals surface area contributed by atoms with Gasteiger partial charge in [0.1, 0.15) is 5.69 Å². The Bertz CT molecular complexity index is 961. The highest BCUT2D eigenvalue weighted by Gasteiger charge is 2.32. The van der Waals surface area contributed by atoms with Crippen LogP contribution in [0, 0.1) is 0 Å². The molecule has 0 amide bonds. The molecule has 0 bridgehead atoms. The van der Waals surface area contributed by atoms with Gasteiger partial charge in [0, 0.05) is 20.3 Å². The number of aromatic nitrogens is 2. The molecule has 0 saturated carbocycles. The van der Waals surface area contributed by atoms with Crippen LogP contribution >= 0.6 is 23.2 Å². The summed E-state index contributed by atoms with van der Waals surface area (Å²) in [7, 11) is 3.51. The second-order valence-corrected chi connectivity index (χ2v) is 6.73. The molecule has 25 heavy (non-hydrogen) atoms. The van der Waals surface area contributed by atoms with E-state index in [-0.39, 0.29) is 15.7 Å². The van der Waals surface area contributed by atoms with E-state index in [1.165, 1.54) is 0 Å². The highest BCUT2D eigenvalue weighted by atomic mass is 35.5. The Balaban J connectivity index is 2.87. The largest absolute Gasteiger partial charge is 0.416 e. The summed E-state index contributed by atoms with van der Waals surface area (Å²) < 4.78 is 39.7. The molecule has 2 rings (SSSR count). The predicted octanol–water partition coefficient (Wildman–Crippen LogP) is 2.98. The maximum absolute atomic E-state index is 12.9. The Morgan fingerprint density at radius 3 is 2.12 bits per heavy atom. The van der Waals surface area contributed by atoms with Gasteiger partial charge in [0.05, 0.1) is 26.2 Å². The van der Waals surface area contributed by atoms with Gasteiger partial charge >= 0.3 is 6.18 Å². The van der Waals surface area contributed by atoms with Crippen LogP contribution in [0.25, 0.3) is 17.5 Å². The minimum Gasteiger partial charge on any atom is -0.383 e. The number of hydrogen-bond donors (Lipinski definition) is 1. The van der Waals surface area contributed by atoms with Crippen LogP contribution in [-0.4, -0.2) is 28.8 Å². The van der Waals surface area contributed by atoms with Crippen LogP contribution in [0.1, 0.15) is 19.4 Å². The van der Waals surface area contributed by atoms with Crippen LogP contribution in [0.5, 0.6) is 0 Å². The van der Waals surface area contributed by atoms with E-state index in [1.807, 2.05) is 0 Å². The Hall–Kier alpha value is -1.86. The van der Waals surface area contributed by atoms with Crippen molar-refractivity contribution in [1.82, 2.24) is 14.7 Å². The smallest absolute Gasteiger partial charge is 0.383 e. The van der Waals surface area contributed by atoms with Crippen LogP contribution < -0.4 is 16.1 Å². The molecule has 1 heterocycles. The van der Waals surface area contributed by atoms with Gasteiger partial charge in [-0.1, -0.05) is 28.8 Å². The van der Waals surface area contributed by atoms with Gasteiger partial charge in [-0.3, -0.25) is 9.89 Å². The average Bonchev–Trinajstić information content (AvgIpc) is 2.75. The van der Waals surface area contributed by atoms with Gasteiger partial charge in [0.15, 0.2) is 0 Å². The van der Waals surface area contributed by atoms with E-state index in [0.29, 0.717) is 10.6 Å². The number of nitrogens with zero attached hydrogens (tertiary/aromatic N) is 2. The lowest BCUT2D eigenvalue weighted by Gasteiger charge is -2.12. The van der Waals surface area contributed by atoms with E-state index < -0.39 is 17.3 Å². The Morgan fingerprint density at radius 1 is 1.20 bits per heavy atom. The zero-order chi connectivity index (χ0) is 19.1. The topological polar surface area (TPSA) is 41.0 Å². The van der Waals surface area contributed by atoms with Crippen LogP contribution in [0.3, 0.4) is 0 Å². The third-order valence-electron chi connectivity index (χ3n) is 3.38. The van der Waals surface area contributed by atoms with Gasteiger partial charge in [-0.15, -0.1) is 0 Å². The van der Waals surface area contributed by atoms with Gasteiger partial charge in [0.2, 0.25) is 0 Å². The molecule has 0 saturated heterocycles. The van der Waals surface area contributed by atoms with Gasteiger partial charge in [0.25, 0.3) is 5.56 Å². The third kappa shape index (κ3) is 3.88. The molecule has 136 valence electrons. The molecule has 0 atom stereocenters. The lowest BCUT2D eigenvalue weighted by molar-refractivity contribution is -0.137. The first-order valence-electron chi connectivity index (χ1n) is 7.17. The summed E-state index contributed by atoms with van der Waals surface area (Å²) in [6.07, 6.45) is -2.97.